The summed E-state index contributed by atoms with van der Waals surface area (Å²) >= 11 is 1.50. The van der Waals surface area contributed by atoms with Crippen LogP contribution in [0.1, 0.15) is 21.2 Å². The van der Waals surface area contributed by atoms with Crippen LogP contribution in [0, 0.1) is 6.92 Å². The van der Waals surface area contributed by atoms with Crippen LogP contribution in [-0.4, -0.2) is 25.6 Å². The minimum atomic E-state index is -0.925. The van der Waals surface area contributed by atoms with Crippen LogP contribution in [0.3, 0.4) is 0 Å². The Bertz CT molecular complexity index is 792. The molecule has 0 saturated heterocycles. The molecule has 106 valence electrons. The predicted octanol–water partition coefficient (Wildman–Crippen LogP) is 3.06. The summed E-state index contributed by atoms with van der Waals surface area (Å²) in [6.07, 6.45) is 5.39. The molecule has 0 aliphatic heterocycles. The summed E-state index contributed by atoms with van der Waals surface area (Å²) in [6, 6.07) is 6.98. The molecule has 0 aliphatic carbocycles. The number of carboxylic acids is 1. The second-order valence-corrected chi connectivity index (χ2v) is 5.69. The number of hydrogen-bond donors (Lipinski definition) is 1. The van der Waals surface area contributed by atoms with Crippen molar-refractivity contribution in [2.45, 2.75) is 13.5 Å². The van der Waals surface area contributed by atoms with Crippen molar-refractivity contribution in [1.29, 1.82) is 0 Å². The number of benzene rings is 1. The lowest BCUT2D eigenvalue weighted by Gasteiger charge is -2.02. The van der Waals surface area contributed by atoms with E-state index in [0.29, 0.717) is 17.7 Å². The highest BCUT2D eigenvalue weighted by Gasteiger charge is 2.13. The largest absolute Gasteiger partial charge is 0.478 e. The summed E-state index contributed by atoms with van der Waals surface area (Å²) < 4.78 is 2.01. The zero-order valence-electron chi connectivity index (χ0n) is 11.4. The van der Waals surface area contributed by atoms with Crippen LogP contribution in [-0.2, 0) is 6.54 Å². The van der Waals surface area contributed by atoms with Gasteiger partial charge in [-0.15, -0.1) is 11.3 Å². The Morgan fingerprint density at radius 2 is 2.14 bits per heavy atom. The molecule has 6 heteroatoms. The minimum absolute atomic E-state index is 0.298. The maximum Gasteiger partial charge on any atom is 0.336 e. The number of carboxylic acid groups (broad SMARTS) is 1. The van der Waals surface area contributed by atoms with E-state index in [9.17, 15) is 9.90 Å². The van der Waals surface area contributed by atoms with Crippen molar-refractivity contribution in [3.05, 3.63) is 59.3 Å². The van der Waals surface area contributed by atoms with Crippen LogP contribution in [0.2, 0.25) is 0 Å². The van der Waals surface area contributed by atoms with Gasteiger partial charge in [0.1, 0.15) is 10.8 Å². The van der Waals surface area contributed by atoms with Gasteiger partial charge in [0.25, 0.3) is 0 Å². The molecular formula is C15H13N3O2S. The Morgan fingerprint density at radius 1 is 1.33 bits per heavy atom. The fourth-order valence-corrected chi connectivity index (χ4v) is 3.07. The highest BCUT2D eigenvalue weighted by atomic mass is 32.1. The van der Waals surface area contributed by atoms with Gasteiger partial charge in [-0.2, -0.15) is 0 Å². The first kappa shape index (κ1) is 13.5. The number of aryl methyl sites for hydroxylation is 1. The lowest BCUT2D eigenvalue weighted by molar-refractivity contribution is 0.0698. The van der Waals surface area contributed by atoms with Gasteiger partial charge in [0, 0.05) is 24.2 Å². The summed E-state index contributed by atoms with van der Waals surface area (Å²) in [6.45, 7) is 2.58. The lowest BCUT2D eigenvalue weighted by atomic mass is 10.1. The van der Waals surface area contributed by atoms with Crippen LogP contribution in [0.4, 0.5) is 0 Å². The molecule has 0 saturated carbocycles. The standard InChI is InChI=1S/C15H13N3O2S/c1-10-16-6-7-18(10)9-14-17-8-13(21-14)11-4-2-3-5-12(11)15(19)20/h2-8H,9H2,1H3,(H,19,20). The summed E-state index contributed by atoms with van der Waals surface area (Å²) in [5.74, 6) is 0.00342. The van der Waals surface area contributed by atoms with E-state index in [-0.39, 0.29) is 0 Å². The molecule has 3 rings (SSSR count). The van der Waals surface area contributed by atoms with Gasteiger partial charge in [-0.25, -0.2) is 14.8 Å². The third-order valence-electron chi connectivity index (χ3n) is 3.21. The quantitative estimate of drug-likeness (QED) is 0.804. The first-order chi connectivity index (χ1) is 10.1. The zero-order chi connectivity index (χ0) is 14.8. The van der Waals surface area contributed by atoms with E-state index in [4.69, 9.17) is 0 Å². The van der Waals surface area contributed by atoms with Crippen LogP contribution in [0.25, 0.3) is 10.4 Å². The van der Waals surface area contributed by atoms with Crippen LogP contribution in [0.15, 0.2) is 42.9 Å². The van der Waals surface area contributed by atoms with Gasteiger partial charge in [0.2, 0.25) is 0 Å². The molecule has 0 fully saturated rings. The molecule has 0 unspecified atom stereocenters. The van der Waals surface area contributed by atoms with Gasteiger partial charge in [-0.1, -0.05) is 18.2 Å². The smallest absolute Gasteiger partial charge is 0.336 e. The summed E-state index contributed by atoms with van der Waals surface area (Å²) in [5.41, 5.74) is 1.00. The van der Waals surface area contributed by atoms with Gasteiger partial charge < -0.3 is 9.67 Å². The number of hydrogen-bond acceptors (Lipinski definition) is 4. The molecule has 2 heterocycles. The molecule has 0 atom stereocenters. The number of carbonyl (C=O) groups is 1. The van der Waals surface area contributed by atoms with Crippen LogP contribution in [0.5, 0.6) is 0 Å². The Balaban J connectivity index is 1.92. The molecular weight excluding hydrogens is 286 g/mol. The highest BCUT2D eigenvalue weighted by Crippen LogP contribution is 2.29. The molecule has 0 spiro atoms. The number of aromatic nitrogens is 3. The van der Waals surface area contributed by atoms with Crippen molar-refractivity contribution in [3.63, 3.8) is 0 Å². The Hall–Kier alpha value is -2.47. The van der Waals surface area contributed by atoms with E-state index in [1.54, 1.807) is 24.5 Å². The summed E-state index contributed by atoms with van der Waals surface area (Å²) in [7, 11) is 0. The zero-order valence-corrected chi connectivity index (χ0v) is 12.2. The van der Waals surface area contributed by atoms with Crippen molar-refractivity contribution in [2.75, 3.05) is 0 Å². The molecule has 21 heavy (non-hydrogen) atoms. The first-order valence-corrected chi connectivity index (χ1v) is 7.22. The number of nitrogens with zero attached hydrogens (tertiary/aromatic N) is 3. The maximum atomic E-state index is 11.3. The van der Waals surface area contributed by atoms with E-state index in [2.05, 4.69) is 9.97 Å². The van der Waals surface area contributed by atoms with Crippen LogP contribution < -0.4 is 0 Å². The Morgan fingerprint density at radius 3 is 2.86 bits per heavy atom. The van der Waals surface area contributed by atoms with E-state index in [1.165, 1.54) is 11.3 Å². The summed E-state index contributed by atoms with van der Waals surface area (Å²) in [4.78, 5) is 20.7. The van der Waals surface area contributed by atoms with Crippen molar-refractivity contribution in [3.8, 4) is 10.4 Å². The molecule has 0 radical (unpaired) electrons. The topological polar surface area (TPSA) is 68.0 Å². The van der Waals surface area contributed by atoms with Crippen molar-refractivity contribution in [1.82, 2.24) is 14.5 Å². The summed E-state index contributed by atoms with van der Waals surface area (Å²) in [5, 5.41) is 10.2. The van der Waals surface area contributed by atoms with E-state index < -0.39 is 5.97 Å². The molecule has 0 amide bonds. The van der Waals surface area contributed by atoms with E-state index in [0.717, 1.165) is 15.7 Å². The van der Waals surface area contributed by atoms with Gasteiger partial charge in [-0.3, -0.25) is 0 Å². The monoisotopic (exact) mass is 299 g/mol. The molecule has 0 aliphatic rings. The Kier molecular flexibility index (Phi) is 3.53. The highest BCUT2D eigenvalue weighted by molar-refractivity contribution is 7.15. The molecule has 5 nitrogen and oxygen atoms in total. The SMILES string of the molecule is Cc1nccn1Cc1ncc(-c2ccccc2C(=O)O)s1. The van der Waals surface area contributed by atoms with Gasteiger partial charge in [0.05, 0.1) is 17.0 Å². The Labute approximate surface area is 125 Å². The van der Waals surface area contributed by atoms with Gasteiger partial charge in [0.15, 0.2) is 0 Å². The molecule has 1 aromatic carbocycles. The second kappa shape index (κ2) is 5.49. The average Bonchev–Trinajstić information content (AvgIpc) is 3.09. The molecule has 2 aromatic heterocycles. The third-order valence-corrected chi connectivity index (χ3v) is 4.22. The number of imidazole rings is 1. The van der Waals surface area contributed by atoms with E-state index >= 15 is 0 Å². The van der Waals surface area contributed by atoms with Gasteiger partial charge in [-0.05, 0) is 13.0 Å². The van der Waals surface area contributed by atoms with Gasteiger partial charge >= 0.3 is 5.97 Å². The fourth-order valence-electron chi connectivity index (χ4n) is 2.11. The lowest BCUT2D eigenvalue weighted by Crippen LogP contribution is -1.99. The molecule has 1 N–H and O–H groups in total. The van der Waals surface area contributed by atoms with E-state index in [1.807, 2.05) is 29.8 Å². The average molecular weight is 299 g/mol. The molecule has 0 bridgehead atoms. The molecule has 3 aromatic rings. The number of aromatic carboxylic acids is 1. The van der Waals surface area contributed by atoms with Crippen molar-refractivity contribution >= 4 is 17.3 Å². The second-order valence-electron chi connectivity index (χ2n) is 4.57. The number of rotatable bonds is 4. The predicted molar refractivity (Wildman–Crippen MR) is 80.6 cm³/mol. The van der Waals surface area contributed by atoms with Crippen molar-refractivity contribution < 1.29 is 9.90 Å². The van der Waals surface area contributed by atoms with Crippen LogP contribution >= 0.6 is 11.3 Å². The minimum Gasteiger partial charge on any atom is -0.478 e. The maximum absolute atomic E-state index is 11.3. The van der Waals surface area contributed by atoms with Crippen molar-refractivity contribution in [2.24, 2.45) is 0 Å². The fraction of sp³-hybridized carbons (Fsp3) is 0.133. The normalized spacial score (nSPS) is 10.7. The third kappa shape index (κ3) is 2.71. The first-order valence-electron chi connectivity index (χ1n) is 6.40. The number of thiazole rings is 1.